The zero-order chi connectivity index (χ0) is 8.84. The van der Waals surface area contributed by atoms with Crippen LogP contribution in [-0.4, -0.2) is 15.2 Å². The number of aromatic amines is 1. The summed E-state index contributed by atoms with van der Waals surface area (Å²) in [6.07, 6.45) is 4.45. The SMILES string of the molecule is Cc1cnc2n[nH]c(C3CC3)c2c1. The third-order valence-electron chi connectivity index (χ3n) is 2.56. The fraction of sp³-hybridized carbons (Fsp3) is 0.400. The number of hydrogen-bond donors (Lipinski definition) is 1. The van der Waals surface area contributed by atoms with E-state index in [1.807, 2.05) is 6.20 Å². The molecule has 3 rings (SSSR count). The molecule has 3 heteroatoms. The van der Waals surface area contributed by atoms with Gasteiger partial charge in [0.1, 0.15) is 0 Å². The van der Waals surface area contributed by atoms with E-state index in [0.717, 1.165) is 5.65 Å². The number of aromatic nitrogens is 3. The van der Waals surface area contributed by atoms with E-state index in [0.29, 0.717) is 5.92 Å². The normalized spacial score (nSPS) is 16.7. The predicted molar refractivity (Wildman–Crippen MR) is 50.6 cm³/mol. The van der Waals surface area contributed by atoms with E-state index >= 15 is 0 Å². The first-order chi connectivity index (χ1) is 6.34. The van der Waals surface area contributed by atoms with Gasteiger partial charge in [-0.15, -0.1) is 0 Å². The zero-order valence-electron chi connectivity index (χ0n) is 7.54. The molecule has 1 fully saturated rings. The van der Waals surface area contributed by atoms with Crippen LogP contribution >= 0.6 is 0 Å². The topological polar surface area (TPSA) is 41.6 Å². The Hall–Kier alpha value is -1.38. The summed E-state index contributed by atoms with van der Waals surface area (Å²) in [6.45, 7) is 2.07. The van der Waals surface area contributed by atoms with Crippen molar-refractivity contribution >= 4 is 11.0 Å². The van der Waals surface area contributed by atoms with Crippen molar-refractivity contribution in [3.05, 3.63) is 23.5 Å². The molecule has 0 aliphatic heterocycles. The van der Waals surface area contributed by atoms with Crippen molar-refractivity contribution in [2.45, 2.75) is 25.7 Å². The van der Waals surface area contributed by atoms with Gasteiger partial charge in [0, 0.05) is 23.2 Å². The highest BCUT2D eigenvalue weighted by Crippen LogP contribution is 2.41. The summed E-state index contributed by atoms with van der Waals surface area (Å²) >= 11 is 0. The van der Waals surface area contributed by atoms with Crippen LogP contribution in [0.2, 0.25) is 0 Å². The van der Waals surface area contributed by atoms with E-state index in [2.05, 4.69) is 28.2 Å². The van der Waals surface area contributed by atoms with E-state index in [1.165, 1.54) is 29.5 Å². The maximum Gasteiger partial charge on any atom is 0.181 e. The lowest BCUT2D eigenvalue weighted by molar-refractivity contribution is 0.974. The van der Waals surface area contributed by atoms with Gasteiger partial charge < -0.3 is 0 Å². The highest BCUT2D eigenvalue weighted by atomic mass is 15.2. The minimum atomic E-state index is 0.716. The van der Waals surface area contributed by atoms with Gasteiger partial charge in [-0.25, -0.2) is 4.98 Å². The summed E-state index contributed by atoms with van der Waals surface area (Å²) in [5.41, 5.74) is 3.34. The lowest BCUT2D eigenvalue weighted by Crippen LogP contribution is -1.81. The first-order valence-electron chi connectivity index (χ1n) is 4.65. The van der Waals surface area contributed by atoms with E-state index in [9.17, 15) is 0 Å². The standard InChI is InChI=1S/C10H11N3/c1-6-4-8-9(7-2-3-7)12-13-10(8)11-5-6/h4-5,7H,2-3H2,1H3,(H,11,12,13). The Morgan fingerprint density at radius 2 is 2.31 bits per heavy atom. The lowest BCUT2D eigenvalue weighted by Gasteiger charge is -1.94. The summed E-state index contributed by atoms with van der Waals surface area (Å²) in [4.78, 5) is 4.27. The first-order valence-corrected chi connectivity index (χ1v) is 4.65. The minimum absolute atomic E-state index is 0.716. The second-order valence-electron chi connectivity index (χ2n) is 3.80. The summed E-state index contributed by atoms with van der Waals surface area (Å²) < 4.78 is 0. The van der Waals surface area contributed by atoms with Gasteiger partial charge in [0.2, 0.25) is 0 Å². The molecule has 1 aliphatic rings. The van der Waals surface area contributed by atoms with Gasteiger partial charge >= 0.3 is 0 Å². The molecule has 0 unspecified atom stereocenters. The lowest BCUT2D eigenvalue weighted by atomic mass is 10.2. The fourth-order valence-corrected chi connectivity index (χ4v) is 1.71. The Labute approximate surface area is 76.2 Å². The molecule has 1 N–H and O–H groups in total. The molecule has 0 radical (unpaired) electrons. The maximum atomic E-state index is 4.27. The first kappa shape index (κ1) is 7.06. The number of aryl methyl sites for hydroxylation is 1. The summed E-state index contributed by atoms with van der Waals surface area (Å²) in [7, 11) is 0. The van der Waals surface area contributed by atoms with Crippen molar-refractivity contribution in [1.82, 2.24) is 15.2 Å². The van der Waals surface area contributed by atoms with Crippen LogP contribution in [-0.2, 0) is 0 Å². The van der Waals surface area contributed by atoms with Crippen LogP contribution in [0.5, 0.6) is 0 Å². The predicted octanol–water partition coefficient (Wildman–Crippen LogP) is 2.14. The zero-order valence-corrected chi connectivity index (χ0v) is 7.54. The van der Waals surface area contributed by atoms with Gasteiger partial charge in [-0.05, 0) is 31.4 Å². The average Bonchev–Trinajstić information content (AvgIpc) is 2.87. The van der Waals surface area contributed by atoms with Gasteiger partial charge in [0.25, 0.3) is 0 Å². The third-order valence-corrected chi connectivity index (χ3v) is 2.56. The monoisotopic (exact) mass is 173 g/mol. The molecule has 0 amide bonds. The number of nitrogens with one attached hydrogen (secondary N) is 1. The number of H-pyrrole nitrogens is 1. The maximum absolute atomic E-state index is 4.27. The van der Waals surface area contributed by atoms with Crippen molar-refractivity contribution in [1.29, 1.82) is 0 Å². The van der Waals surface area contributed by atoms with Crippen LogP contribution in [0.4, 0.5) is 0 Å². The van der Waals surface area contributed by atoms with Crippen molar-refractivity contribution in [2.75, 3.05) is 0 Å². The molecule has 13 heavy (non-hydrogen) atoms. The number of fused-ring (bicyclic) bond motifs is 1. The fourth-order valence-electron chi connectivity index (χ4n) is 1.71. The molecule has 2 heterocycles. The number of hydrogen-bond acceptors (Lipinski definition) is 2. The van der Waals surface area contributed by atoms with Crippen LogP contribution in [0.3, 0.4) is 0 Å². The summed E-state index contributed by atoms with van der Waals surface area (Å²) in [6, 6.07) is 2.17. The highest BCUT2D eigenvalue weighted by molar-refractivity contribution is 5.79. The molecule has 0 aromatic carbocycles. The molecule has 0 saturated heterocycles. The number of rotatable bonds is 1. The van der Waals surface area contributed by atoms with E-state index in [-0.39, 0.29) is 0 Å². The van der Waals surface area contributed by atoms with E-state index < -0.39 is 0 Å². The van der Waals surface area contributed by atoms with Crippen LogP contribution < -0.4 is 0 Å². The van der Waals surface area contributed by atoms with Crippen molar-refractivity contribution in [2.24, 2.45) is 0 Å². The van der Waals surface area contributed by atoms with Crippen molar-refractivity contribution in [3.8, 4) is 0 Å². The Morgan fingerprint density at radius 1 is 1.46 bits per heavy atom. The van der Waals surface area contributed by atoms with Gasteiger partial charge in [-0.1, -0.05) is 0 Å². The molecular weight excluding hydrogens is 162 g/mol. The molecule has 0 bridgehead atoms. The van der Waals surface area contributed by atoms with Gasteiger partial charge in [-0.3, -0.25) is 5.10 Å². The Morgan fingerprint density at radius 3 is 3.08 bits per heavy atom. The molecular formula is C10H11N3. The third kappa shape index (κ3) is 1.03. The van der Waals surface area contributed by atoms with Gasteiger partial charge in [-0.2, -0.15) is 5.10 Å². The molecule has 0 spiro atoms. The smallest absolute Gasteiger partial charge is 0.181 e. The molecule has 2 aromatic heterocycles. The summed E-state index contributed by atoms with van der Waals surface area (Å²) in [5, 5.41) is 8.49. The Balaban J connectivity index is 2.29. The van der Waals surface area contributed by atoms with Crippen molar-refractivity contribution < 1.29 is 0 Å². The van der Waals surface area contributed by atoms with Crippen LogP contribution in [0.15, 0.2) is 12.3 Å². The Bertz CT molecular complexity index is 454. The van der Waals surface area contributed by atoms with E-state index in [1.54, 1.807) is 0 Å². The van der Waals surface area contributed by atoms with Gasteiger partial charge in [0.15, 0.2) is 5.65 Å². The molecule has 0 atom stereocenters. The largest absolute Gasteiger partial charge is 0.279 e. The van der Waals surface area contributed by atoms with Crippen LogP contribution in [0, 0.1) is 6.92 Å². The van der Waals surface area contributed by atoms with Crippen LogP contribution in [0.1, 0.15) is 30.0 Å². The highest BCUT2D eigenvalue weighted by Gasteiger charge is 2.27. The minimum Gasteiger partial charge on any atom is -0.279 e. The molecule has 66 valence electrons. The van der Waals surface area contributed by atoms with Crippen molar-refractivity contribution in [3.63, 3.8) is 0 Å². The number of pyridine rings is 1. The van der Waals surface area contributed by atoms with E-state index in [4.69, 9.17) is 0 Å². The molecule has 1 saturated carbocycles. The average molecular weight is 173 g/mol. The Kier molecular flexibility index (Phi) is 1.26. The number of nitrogens with zero attached hydrogens (tertiary/aromatic N) is 2. The molecule has 2 aromatic rings. The quantitative estimate of drug-likeness (QED) is 0.717. The molecule has 3 nitrogen and oxygen atoms in total. The second kappa shape index (κ2) is 2.31. The summed E-state index contributed by atoms with van der Waals surface area (Å²) in [5.74, 6) is 0.716. The molecule has 1 aliphatic carbocycles. The second-order valence-corrected chi connectivity index (χ2v) is 3.80. The van der Waals surface area contributed by atoms with Crippen LogP contribution in [0.25, 0.3) is 11.0 Å². The van der Waals surface area contributed by atoms with Gasteiger partial charge in [0.05, 0.1) is 0 Å².